The molecule has 130 valence electrons. The molecule has 2 unspecified atom stereocenters. The van der Waals surface area contributed by atoms with Gasteiger partial charge in [-0.25, -0.2) is 4.79 Å². The zero-order valence-electron chi connectivity index (χ0n) is 14.3. The van der Waals surface area contributed by atoms with Crippen LogP contribution in [-0.4, -0.2) is 46.7 Å². The van der Waals surface area contributed by atoms with Gasteiger partial charge in [0, 0.05) is 0 Å². The molecular weight excluding hydrogens is 308 g/mol. The minimum Gasteiger partial charge on any atom is -0.490 e. The standard InChI is InChI=1S/C18H24N2O4/c1-11-5-4-6-12(2)15(11)24-10-14(21)9-20-16(22)18(3,13-7-8-13)19-17(20)23/h4-6,13-14,21H,7-10H2,1-3H3,(H,19,23). The van der Waals surface area contributed by atoms with Crippen LogP contribution in [0.2, 0.25) is 0 Å². The molecule has 2 N–H and O–H groups in total. The summed E-state index contributed by atoms with van der Waals surface area (Å²) in [7, 11) is 0. The molecule has 2 aliphatic rings. The molecule has 1 heterocycles. The number of para-hydroxylation sites is 1. The van der Waals surface area contributed by atoms with Crippen molar-refractivity contribution in [3.05, 3.63) is 29.3 Å². The number of hydrogen-bond donors (Lipinski definition) is 2. The second-order valence-electron chi connectivity index (χ2n) is 7.01. The number of carbonyl (C=O) groups excluding carboxylic acids is 2. The quantitative estimate of drug-likeness (QED) is 0.778. The highest BCUT2D eigenvalue weighted by atomic mass is 16.5. The van der Waals surface area contributed by atoms with Gasteiger partial charge in [-0.1, -0.05) is 18.2 Å². The van der Waals surface area contributed by atoms with Crippen molar-refractivity contribution in [1.82, 2.24) is 10.2 Å². The number of nitrogens with zero attached hydrogens (tertiary/aromatic N) is 1. The first-order valence-electron chi connectivity index (χ1n) is 8.34. The fraction of sp³-hybridized carbons (Fsp3) is 0.556. The summed E-state index contributed by atoms with van der Waals surface area (Å²) in [6.45, 7) is 5.62. The highest BCUT2D eigenvalue weighted by Gasteiger charge is 2.56. The van der Waals surface area contributed by atoms with Crippen molar-refractivity contribution in [1.29, 1.82) is 0 Å². The number of aliphatic hydroxyl groups excluding tert-OH is 1. The molecule has 1 saturated carbocycles. The lowest BCUT2D eigenvalue weighted by atomic mass is 9.96. The Morgan fingerprint density at radius 2 is 1.96 bits per heavy atom. The molecule has 2 fully saturated rings. The molecule has 3 amide bonds. The number of benzene rings is 1. The third-order valence-electron chi connectivity index (χ3n) is 4.92. The molecule has 1 aliphatic carbocycles. The highest BCUT2D eigenvalue weighted by molar-refractivity contribution is 6.07. The van der Waals surface area contributed by atoms with Crippen LogP contribution in [0.25, 0.3) is 0 Å². The zero-order chi connectivity index (χ0) is 17.5. The van der Waals surface area contributed by atoms with Gasteiger partial charge in [0.1, 0.15) is 24.0 Å². The Balaban J connectivity index is 1.60. The van der Waals surface area contributed by atoms with Crippen LogP contribution < -0.4 is 10.1 Å². The van der Waals surface area contributed by atoms with Gasteiger partial charge in [-0.2, -0.15) is 0 Å². The largest absolute Gasteiger partial charge is 0.490 e. The fourth-order valence-electron chi connectivity index (χ4n) is 3.29. The van der Waals surface area contributed by atoms with Crippen LogP contribution in [0.3, 0.4) is 0 Å². The number of urea groups is 1. The second-order valence-corrected chi connectivity index (χ2v) is 7.01. The number of imide groups is 1. The Labute approximate surface area is 141 Å². The molecule has 1 aromatic rings. The molecule has 24 heavy (non-hydrogen) atoms. The highest BCUT2D eigenvalue weighted by Crippen LogP contribution is 2.42. The number of rotatable bonds is 6. The number of carbonyl (C=O) groups is 2. The topological polar surface area (TPSA) is 78.9 Å². The van der Waals surface area contributed by atoms with Crippen LogP contribution in [0.1, 0.15) is 30.9 Å². The van der Waals surface area contributed by atoms with Gasteiger partial charge in [0.05, 0.1) is 6.54 Å². The molecule has 0 aromatic heterocycles. The van der Waals surface area contributed by atoms with E-state index in [2.05, 4.69) is 5.32 Å². The molecule has 6 nitrogen and oxygen atoms in total. The first-order chi connectivity index (χ1) is 11.3. The number of nitrogens with one attached hydrogen (secondary N) is 1. The summed E-state index contributed by atoms with van der Waals surface area (Å²) in [4.78, 5) is 25.7. The lowest BCUT2D eigenvalue weighted by Crippen LogP contribution is -2.46. The third-order valence-corrected chi connectivity index (χ3v) is 4.92. The number of hydrogen-bond acceptors (Lipinski definition) is 4. The second kappa shape index (κ2) is 6.09. The van der Waals surface area contributed by atoms with Gasteiger partial charge in [-0.05, 0) is 50.7 Å². The maximum atomic E-state index is 12.5. The summed E-state index contributed by atoms with van der Waals surface area (Å²) in [6.07, 6.45) is 0.976. The van der Waals surface area contributed by atoms with E-state index in [0.717, 1.165) is 34.6 Å². The first kappa shape index (κ1) is 16.8. The lowest BCUT2D eigenvalue weighted by molar-refractivity contribution is -0.132. The van der Waals surface area contributed by atoms with Crippen LogP contribution in [0, 0.1) is 19.8 Å². The van der Waals surface area contributed by atoms with E-state index >= 15 is 0 Å². The summed E-state index contributed by atoms with van der Waals surface area (Å²) in [5.41, 5.74) is 1.15. The first-order valence-corrected chi connectivity index (χ1v) is 8.34. The van der Waals surface area contributed by atoms with Crippen LogP contribution in [0.4, 0.5) is 4.79 Å². The molecule has 1 aromatic carbocycles. The summed E-state index contributed by atoms with van der Waals surface area (Å²) in [5.74, 6) is 0.694. The normalized spacial score (nSPS) is 24.9. The minimum absolute atomic E-state index is 0.0307. The lowest BCUT2D eigenvalue weighted by Gasteiger charge is -2.22. The van der Waals surface area contributed by atoms with Crippen molar-refractivity contribution in [2.75, 3.05) is 13.2 Å². The van der Waals surface area contributed by atoms with Crippen LogP contribution >= 0.6 is 0 Å². The summed E-state index contributed by atoms with van der Waals surface area (Å²) in [6, 6.07) is 5.39. The van der Waals surface area contributed by atoms with Gasteiger partial charge in [-0.3, -0.25) is 9.69 Å². The van der Waals surface area contributed by atoms with Crippen molar-refractivity contribution in [2.24, 2.45) is 5.92 Å². The van der Waals surface area contributed by atoms with Crippen molar-refractivity contribution >= 4 is 11.9 Å². The molecule has 1 saturated heterocycles. The van der Waals surface area contributed by atoms with Gasteiger partial charge in [-0.15, -0.1) is 0 Å². The van der Waals surface area contributed by atoms with Gasteiger partial charge in [0.2, 0.25) is 0 Å². The van der Waals surface area contributed by atoms with Gasteiger partial charge in [0.25, 0.3) is 5.91 Å². The van der Waals surface area contributed by atoms with Crippen LogP contribution in [0.15, 0.2) is 18.2 Å². The third kappa shape index (κ3) is 2.98. The molecule has 0 bridgehead atoms. The monoisotopic (exact) mass is 332 g/mol. The number of aryl methyl sites for hydroxylation is 2. The van der Waals surface area contributed by atoms with Gasteiger partial charge in [0.15, 0.2) is 0 Å². The van der Waals surface area contributed by atoms with Gasteiger partial charge < -0.3 is 15.2 Å². The van der Waals surface area contributed by atoms with Crippen LogP contribution in [0.5, 0.6) is 5.75 Å². The van der Waals surface area contributed by atoms with Crippen molar-refractivity contribution in [3.63, 3.8) is 0 Å². The predicted octanol–water partition coefficient (Wildman–Crippen LogP) is 1.76. The van der Waals surface area contributed by atoms with E-state index in [1.54, 1.807) is 6.92 Å². The summed E-state index contributed by atoms with van der Waals surface area (Å²) in [5, 5.41) is 13.0. The number of β-amino-alcohol motifs (C(OH)–C–C–N with tert-alkyl or cyclic N) is 1. The number of amides is 3. The molecule has 6 heteroatoms. The Kier molecular flexibility index (Phi) is 4.25. The number of ether oxygens (including phenoxy) is 1. The minimum atomic E-state index is -0.930. The van der Waals surface area contributed by atoms with Crippen LogP contribution in [-0.2, 0) is 4.79 Å². The van der Waals surface area contributed by atoms with E-state index in [4.69, 9.17) is 4.74 Å². The Morgan fingerprint density at radius 1 is 1.33 bits per heavy atom. The van der Waals surface area contributed by atoms with E-state index in [1.165, 1.54) is 0 Å². The molecule has 1 aliphatic heterocycles. The maximum Gasteiger partial charge on any atom is 0.325 e. The fourth-order valence-corrected chi connectivity index (χ4v) is 3.29. The Bertz CT molecular complexity index is 651. The molecule has 0 radical (unpaired) electrons. The van der Waals surface area contributed by atoms with E-state index in [9.17, 15) is 14.7 Å². The SMILES string of the molecule is Cc1cccc(C)c1OCC(O)CN1C(=O)NC(C)(C2CC2)C1=O. The number of aliphatic hydroxyl groups is 1. The Hall–Kier alpha value is -2.08. The average Bonchev–Trinajstić information content (AvgIpc) is 3.33. The molecule has 0 spiro atoms. The van der Waals surface area contributed by atoms with E-state index < -0.39 is 17.7 Å². The maximum absolute atomic E-state index is 12.5. The van der Waals surface area contributed by atoms with E-state index in [0.29, 0.717) is 0 Å². The average molecular weight is 332 g/mol. The smallest absolute Gasteiger partial charge is 0.325 e. The zero-order valence-corrected chi connectivity index (χ0v) is 14.3. The summed E-state index contributed by atoms with van der Waals surface area (Å²) < 4.78 is 5.70. The predicted molar refractivity (Wildman–Crippen MR) is 88.8 cm³/mol. The van der Waals surface area contributed by atoms with Crippen molar-refractivity contribution in [2.45, 2.75) is 45.3 Å². The molecular formula is C18H24N2O4. The van der Waals surface area contributed by atoms with Gasteiger partial charge >= 0.3 is 6.03 Å². The van der Waals surface area contributed by atoms with Crippen molar-refractivity contribution in [3.8, 4) is 5.75 Å². The summed E-state index contributed by atoms with van der Waals surface area (Å²) >= 11 is 0. The van der Waals surface area contributed by atoms with E-state index in [-0.39, 0.29) is 25.0 Å². The Morgan fingerprint density at radius 3 is 2.54 bits per heavy atom. The van der Waals surface area contributed by atoms with Crippen molar-refractivity contribution < 1.29 is 19.4 Å². The van der Waals surface area contributed by atoms with E-state index in [1.807, 2.05) is 32.0 Å². The molecule has 3 rings (SSSR count). The molecule has 2 atom stereocenters.